The summed E-state index contributed by atoms with van der Waals surface area (Å²) in [6.45, 7) is 6.47. The molecule has 0 aliphatic rings. The van der Waals surface area contributed by atoms with E-state index in [1.807, 2.05) is 42.5 Å². The Morgan fingerprint density at radius 1 is 0.967 bits per heavy atom. The molecule has 0 aliphatic carbocycles. The number of hydrogen-bond donors (Lipinski definition) is 2. The van der Waals surface area contributed by atoms with E-state index in [0.717, 1.165) is 11.1 Å². The maximum Gasteiger partial charge on any atom is 0.307 e. The van der Waals surface area contributed by atoms with E-state index in [4.69, 9.17) is 0 Å². The van der Waals surface area contributed by atoms with E-state index in [1.54, 1.807) is 12.1 Å². The van der Waals surface area contributed by atoms with Crippen LogP contribution in [0.1, 0.15) is 48.7 Å². The van der Waals surface area contributed by atoms with Gasteiger partial charge >= 0.3 is 5.97 Å². The first-order valence-electron chi connectivity index (χ1n) is 10.0. The van der Waals surface area contributed by atoms with Gasteiger partial charge in [0.25, 0.3) is 5.91 Å². The predicted octanol–water partition coefficient (Wildman–Crippen LogP) is 3.00. The lowest BCUT2D eigenvalue weighted by molar-refractivity contribution is -0.140. The van der Waals surface area contributed by atoms with Crippen LogP contribution in [0, 0.1) is 0 Å². The zero-order chi connectivity index (χ0) is 22.1. The molecular formula is C24H30N2O4. The second-order valence-corrected chi connectivity index (χ2v) is 8.16. The van der Waals surface area contributed by atoms with Gasteiger partial charge in [-0.3, -0.25) is 14.4 Å². The highest BCUT2D eigenvalue weighted by Crippen LogP contribution is 2.22. The minimum Gasteiger partial charge on any atom is -0.469 e. The largest absolute Gasteiger partial charge is 0.469 e. The minimum atomic E-state index is -0.764. The molecule has 0 radical (unpaired) electrons. The summed E-state index contributed by atoms with van der Waals surface area (Å²) in [6.07, 6.45) is 0.416. The van der Waals surface area contributed by atoms with E-state index in [-0.39, 0.29) is 30.2 Å². The van der Waals surface area contributed by atoms with Crippen molar-refractivity contribution >= 4 is 17.8 Å². The normalized spacial score (nSPS) is 12.0. The molecule has 30 heavy (non-hydrogen) atoms. The third-order valence-corrected chi connectivity index (χ3v) is 4.77. The molecular weight excluding hydrogens is 380 g/mol. The average molecular weight is 411 g/mol. The summed E-state index contributed by atoms with van der Waals surface area (Å²) in [5.74, 6) is -1.07. The molecule has 0 fully saturated rings. The van der Waals surface area contributed by atoms with Gasteiger partial charge in [0.2, 0.25) is 5.91 Å². The van der Waals surface area contributed by atoms with Crippen LogP contribution in [0.15, 0.2) is 54.6 Å². The van der Waals surface area contributed by atoms with Crippen LogP contribution in [0.4, 0.5) is 0 Å². The van der Waals surface area contributed by atoms with Crippen LogP contribution in [-0.4, -0.2) is 37.5 Å². The van der Waals surface area contributed by atoms with E-state index >= 15 is 0 Å². The van der Waals surface area contributed by atoms with Crippen molar-refractivity contribution in [3.63, 3.8) is 0 Å². The molecule has 2 aromatic carbocycles. The van der Waals surface area contributed by atoms with Crippen LogP contribution in [-0.2, 0) is 26.2 Å². The molecule has 0 aromatic heterocycles. The Morgan fingerprint density at radius 3 is 2.17 bits per heavy atom. The first-order valence-corrected chi connectivity index (χ1v) is 10.0. The fourth-order valence-corrected chi connectivity index (χ4v) is 2.94. The molecule has 6 nitrogen and oxygen atoms in total. The summed E-state index contributed by atoms with van der Waals surface area (Å²) in [7, 11) is 1.30. The molecule has 0 unspecified atom stereocenters. The zero-order valence-electron chi connectivity index (χ0n) is 18.0. The van der Waals surface area contributed by atoms with Gasteiger partial charge in [0, 0.05) is 18.5 Å². The topological polar surface area (TPSA) is 84.5 Å². The lowest BCUT2D eigenvalue weighted by atomic mass is 9.86. The molecule has 2 N–H and O–H groups in total. The molecule has 0 aliphatic heterocycles. The number of amides is 2. The summed E-state index contributed by atoms with van der Waals surface area (Å²) in [5, 5.41) is 5.52. The van der Waals surface area contributed by atoms with E-state index in [0.29, 0.717) is 12.0 Å². The molecule has 0 spiro atoms. The quantitative estimate of drug-likeness (QED) is 0.655. The first-order chi connectivity index (χ1) is 14.2. The average Bonchev–Trinajstić information content (AvgIpc) is 2.73. The second-order valence-electron chi connectivity index (χ2n) is 8.16. The molecule has 0 bridgehead atoms. The van der Waals surface area contributed by atoms with Gasteiger partial charge < -0.3 is 15.4 Å². The van der Waals surface area contributed by atoms with Gasteiger partial charge in [0.05, 0.1) is 13.5 Å². The number of rotatable bonds is 8. The molecule has 0 saturated carbocycles. The van der Waals surface area contributed by atoms with Crippen molar-refractivity contribution in [2.24, 2.45) is 0 Å². The van der Waals surface area contributed by atoms with Gasteiger partial charge in [-0.25, -0.2) is 0 Å². The van der Waals surface area contributed by atoms with Crippen molar-refractivity contribution in [3.05, 3.63) is 71.3 Å². The standard InChI is InChI=1S/C24H30N2O4/c1-24(2,3)19-12-10-18(11-13-19)22(28)26-20(16-17-8-6-5-7-9-17)23(29)25-15-14-21(27)30-4/h5-13,20H,14-16H2,1-4H3,(H,25,29)(H,26,28)/t20-/m0/s1. The fraction of sp³-hybridized carbons (Fsp3) is 0.375. The monoisotopic (exact) mass is 410 g/mol. The summed E-state index contributed by atoms with van der Waals surface area (Å²) in [5.41, 5.74) is 2.53. The van der Waals surface area contributed by atoms with E-state index < -0.39 is 12.0 Å². The Kier molecular flexibility index (Phi) is 8.16. The smallest absolute Gasteiger partial charge is 0.307 e. The Bertz CT molecular complexity index is 855. The van der Waals surface area contributed by atoms with Crippen molar-refractivity contribution in [2.75, 3.05) is 13.7 Å². The Hall–Kier alpha value is -3.15. The number of ether oxygens (including phenoxy) is 1. The lowest BCUT2D eigenvalue weighted by Gasteiger charge is -2.20. The van der Waals surface area contributed by atoms with Crippen LogP contribution >= 0.6 is 0 Å². The van der Waals surface area contributed by atoms with Gasteiger partial charge in [-0.1, -0.05) is 63.2 Å². The SMILES string of the molecule is COC(=O)CCNC(=O)[C@H](Cc1ccccc1)NC(=O)c1ccc(C(C)(C)C)cc1. The summed E-state index contributed by atoms with van der Waals surface area (Å²) in [6, 6.07) is 16.1. The molecule has 0 saturated heterocycles. The molecule has 160 valence electrons. The van der Waals surface area contributed by atoms with Crippen LogP contribution in [0.25, 0.3) is 0 Å². The summed E-state index contributed by atoms with van der Waals surface area (Å²) >= 11 is 0. The molecule has 0 heterocycles. The van der Waals surface area contributed by atoms with E-state index in [2.05, 4.69) is 36.1 Å². The third kappa shape index (κ3) is 7.03. The van der Waals surface area contributed by atoms with Crippen LogP contribution < -0.4 is 10.6 Å². The Balaban J connectivity index is 2.10. The van der Waals surface area contributed by atoms with Gasteiger partial charge in [0.1, 0.15) is 6.04 Å². The maximum absolute atomic E-state index is 12.8. The Morgan fingerprint density at radius 2 is 1.60 bits per heavy atom. The zero-order valence-corrected chi connectivity index (χ0v) is 18.0. The number of nitrogens with one attached hydrogen (secondary N) is 2. The highest BCUT2D eigenvalue weighted by molar-refractivity contribution is 5.97. The molecule has 2 rings (SSSR count). The van der Waals surface area contributed by atoms with Crippen LogP contribution in [0.3, 0.4) is 0 Å². The van der Waals surface area contributed by atoms with Crippen molar-refractivity contribution < 1.29 is 19.1 Å². The number of carbonyl (C=O) groups excluding carboxylic acids is 3. The first kappa shape index (κ1) is 23.1. The highest BCUT2D eigenvalue weighted by atomic mass is 16.5. The minimum absolute atomic E-state index is 0.00955. The summed E-state index contributed by atoms with van der Waals surface area (Å²) in [4.78, 5) is 36.7. The molecule has 2 amide bonds. The lowest BCUT2D eigenvalue weighted by Crippen LogP contribution is -2.48. The van der Waals surface area contributed by atoms with Crippen LogP contribution in [0.2, 0.25) is 0 Å². The van der Waals surface area contributed by atoms with Gasteiger partial charge in [-0.2, -0.15) is 0 Å². The van der Waals surface area contributed by atoms with Crippen molar-refractivity contribution in [1.29, 1.82) is 0 Å². The van der Waals surface area contributed by atoms with E-state index in [9.17, 15) is 14.4 Å². The number of methoxy groups -OCH3 is 1. The highest BCUT2D eigenvalue weighted by Gasteiger charge is 2.22. The number of benzene rings is 2. The predicted molar refractivity (Wildman–Crippen MR) is 116 cm³/mol. The van der Waals surface area contributed by atoms with E-state index in [1.165, 1.54) is 7.11 Å². The van der Waals surface area contributed by atoms with Crippen LogP contribution in [0.5, 0.6) is 0 Å². The number of carbonyl (C=O) groups is 3. The molecule has 6 heteroatoms. The van der Waals surface area contributed by atoms with Gasteiger partial charge in [-0.05, 0) is 28.7 Å². The van der Waals surface area contributed by atoms with Gasteiger partial charge in [0.15, 0.2) is 0 Å². The maximum atomic E-state index is 12.8. The molecule has 1 atom stereocenters. The second kappa shape index (κ2) is 10.6. The molecule has 2 aromatic rings. The number of hydrogen-bond acceptors (Lipinski definition) is 4. The fourth-order valence-electron chi connectivity index (χ4n) is 2.94. The van der Waals surface area contributed by atoms with Gasteiger partial charge in [-0.15, -0.1) is 0 Å². The van der Waals surface area contributed by atoms with Crippen molar-refractivity contribution in [2.45, 2.75) is 45.1 Å². The van der Waals surface area contributed by atoms with Crippen molar-refractivity contribution in [3.8, 4) is 0 Å². The Labute approximate surface area is 178 Å². The summed E-state index contributed by atoms with van der Waals surface area (Å²) < 4.78 is 4.58. The number of esters is 1. The van der Waals surface area contributed by atoms with Crippen molar-refractivity contribution in [1.82, 2.24) is 10.6 Å². The third-order valence-electron chi connectivity index (χ3n) is 4.77.